The molecule has 2 rings (SSSR count). The van der Waals surface area contributed by atoms with E-state index >= 15 is 0 Å². The van der Waals surface area contributed by atoms with Crippen LogP contribution in [0.5, 0.6) is 5.75 Å². The average molecular weight is 234 g/mol. The summed E-state index contributed by atoms with van der Waals surface area (Å²) < 4.78 is 5.47. The van der Waals surface area contributed by atoms with E-state index in [0.717, 1.165) is 18.8 Å². The highest BCUT2D eigenvalue weighted by atomic mass is 16.5. The summed E-state index contributed by atoms with van der Waals surface area (Å²) in [6.07, 6.45) is 0.623. The number of carbonyl (C=O) groups excluding carboxylic acids is 1. The van der Waals surface area contributed by atoms with Crippen LogP contribution in [0.4, 0.5) is 0 Å². The maximum absolute atomic E-state index is 11.5. The maximum Gasteiger partial charge on any atom is 0.220 e. The quantitative estimate of drug-likeness (QED) is 0.716. The van der Waals surface area contributed by atoms with Crippen LogP contribution in [0, 0.1) is 5.92 Å². The molecule has 4 nitrogen and oxygen atoms in total. The zero-order valence-electron chi connectivity index (χ0n) is 9.82. The maximum atomic E-state index is 11.5. The van der Waals surface area contributed by atoms with E-state index in [2.05, 4.69) is 10.6 Å². The van der Waals surface area contributed by atoms with Crippen LogP contribution in [0.15, 0.2) is 30.3 Å². The predicted molar refractivity (Wildman–Crippen MR) is 65.9 cm³/mol. The van der Waals surface area contributed by atoms with E-state index in [0.29, 0.717) is 25.5 Å². The van der Waals surface area contributed by atoms with Crippen molar-refractivity contribution in [3.63, 3.8) is 0 Å². The topological polar surface area (TPSA) is 50.4 Å². The third-order valence-corrected chi connectivity index (χ3v) is 2.78. The van der Waals surface area contributed by atoms with Crippen LogP contribution in [0.1, 0.15) is 6.42 Å². The molecule has 1 saturated heterocycles. The van der Waals surface area contributed by atoms with E-state index in [4.69, 9.17) is 4.74 Å². The van der Waals surface area contributed by atoms with E-state index in [1.165, 1.54) is 0 Å². The molecule has 17 heavy (non-hydrogen) atoms. The van der Waals surface area contributed by atoms with Crippen molar-refractivity contribution in [2.24, 2.45) is 5.92 Å². The minimum atomic E-state index is 0.119. The van der Waals surface area contributed by atoms with E-state index < -0.39 is 0 Å². The Kier molecular flexibility index (Phi) is 4.38. The van der Waals surface area contributed by atoms with Crippen LogP contribution in [-0.4, -0.2) is 32.1 Å². The van der Waals surface area contributed by atoms with Gasteiger partial charge in [-0.05, 0) is 31.1 Å². The van der Waals surface area contributed by atoms with Crippen LogP contribution in [0.25, 0.3) is 0 Å². The van der Waals surface area contributed by atoms with Gasteiger partial charge in [0.25, 0.3) is 0 Å². The van der Waals surface area contributed by atoms with Crippen molar-refractivity contribution < 1.29 is 9.53 Å². The summed E-state index contributed by atoms with van der Waals surface area (Å²) in [5, 5.41) is 6.01. The second-order valence-corrected chi connectivity index (χ2v) is 4.24. The average Bonchev–Trinajstić information content (AvgIpc) is 2.31. The number of hydrogen-bond donors (Lipinski definition) is 2. The monoisotopic (exact) mass is 234 g/mol. The van der Waals surface area contributed by atoms with Gasteiger partial charge in [0, 0.05) is 6.42 Å². The first-order valence-electron chi connectivity index (χ1n) is 6.00. The fourth-order valence-corrected chi connectivity index (χ4v) is 1.70. The predicted octanol–water partition coefficient (Wildman–Crippen LogP) is 0.791. The Morgan fingerprint density at radius 2 is 2.12 bits per heavy atom. The van der Waals surface area contributed by atoms with Crippen molar-refractivity contribution in [3.8, 4) is 5.75 Å². The SMILES string of the molecule is O=C(CC1CNC1)NCCOc1ccccc1. The Morgan fingerprint density at radius 3 is 2.76 bits per heavy atom. The minimum absolute atomic E-state index is 0.119. The summed E-state index contributed by atoms with van der Waals surface area (Å²) in [6.45, 7) is 3.01. The van der Waals surface area contributed by atoms with Crippen LogP contribution in [-0.2, 0) is 4.79 Å². The molecule has 2 N–H and O–H groups in total. The molecule has 0 bridgehead atoms. The van der Waals surface area contributed by atoms with Gasteiger partial charge in [-0.1, -0.05) is 18.2 Å². The van der Waals surface area contributed by atoms with Gasteiger partial charge in [-0.2, -0.15) is 0 Å². The van der Waals surface area contributed by atoms with Crippen molar-refractivity contribution in [2.75, 3.05) is 26.2 Å². The Morgan fingerprint density at radius 1 is 1.35 bits per heavy atom. The van der Waals surface area contributed by atoms with Crippen molar-refractivity contribution in [1.29, 1.82) is 0 Å². The van der Waals surface area contributed by atoms with Crippen molar-refractivity contribution in [2.45, 2.75) is 6.42 Å². The zero-order chi connectivity index (χ0) is 11.9. The zero-order valence-corrected chi connectivity index (χ0v) is 9.82. The van der Waals surface area contributed by atoms with E-state index in [9.17, 15) is 4.79 Å². The third-order valence-electron chi connectivity index (χ3n) is 2.78. The first-order chi connectivity index (χ1) is 8.34. The first-order valence-corrected chi connectivity index (χ1v) is 6.00. The highest BCUT2D eigenvalue weighted by Crippen LogP contribution is 2.08. The van der Waals surface area contributed by atoms with Crippen LogP contribution >= 0.6 is 0 Å². The molecule has 1 aromatic rings. The molecular formula is C13H18N2O2. The highest BCUT2D eigenvalue weighted by molar-refractivity contribution is 5.76. The van der Waals surface area contributed by atoms with Gasteiger partial charge in [0.2, 0.25) is 5.91 Å². The van der Waals surface area contributed by atoms with Crippen LogP contribution < -0.4 is 15.4 Å². The lowest BCUT2D eigenvalue weighted by Gasteiger charge is -2.26. The molecule has 0 spiro atoms. The smallest absolute Gasteiger partial charge is 0.220 e. The molecule has 1 fully saturated rings. The molecule has 0 saturated carbocycles. The molecular weight excluding hydrogens is 216 g/mol. The lowest BCUT2D eigenvalue weighted by Crippen LogP contribution is -2.44. The summed E-state index contributed by atoms with van der Waals surface area (Å²) in [7, 11) is 0. The minimum Gasteiger partial charge on any atom is -0.492 e. The van der Waals surface area contributed by atoms with E-state index in [1.54, 1.807) is 0 Å². The van der Waals surface area contributed by atoms with Gasteiger partial charge in [0.1, 0.15) is 12.4 Å². The third kappa shape index (κ3) is 4.07. The first kappa shape index (κ1) is 11.9. The number of amides is 1. The van der Waals surface area contributed by atoms with Crippen LogP contribution in [0.3, 0.4) is 0 Å². The second kappa shape index (κ2) is 6.25. The Hall–Kier alpha value is -1.55. The highest BCUT2D eigenvalue weighted by Gasteiger charge is 2.19. The lowest BCUT2D eigenvalue weighted by atomic mass is 9.99. The van der Waals surface area contributed by atoms with E-state index in [1.807, 2.05) is 30.3 Å². The number of nitrogens with one attached hydrogen (secondary N) is 2. The molecule has 1 aromatic carbocycles. The largest absolute Gasteiger partial charge is 0.492 e. The molecule has 0 unspecified atom stereocenters. The van der Waals surface area contributed by atoms with Crippen LogP contribution in [0.2, 0.25) is 0 Å². The van der Waals surface area contributed by atoms with Gasteiger partial charge in [-0.25, -0.2) is 0 Å². The molecule has 4 heteroatoms. The summed E-state index contributed by atoms with van der Waals surface area (Å²) in [5.74, 6) is 1.48. The number of para-hydroxylation sites is 1. The van der Waals surface area contributed by atoms with Crippen molar-refractivity contribution in [1.82, 2.24) is 10.6 Å². The summed E-state index contributed by atoms with van der Waals surface area (Å²) in [5.41, 5.74) is 0. The van der Waals surface area contributed by atoms with Gasteiger partial charge >= 0.3 is 0 Å². The normalized spacial score (nSPS) is 15.1. The molecule has 1 heterocycles. The Bertz CT molecular complexity index is 350. The van der Waals surface area contributed by atoms with Crippen molar-refractivity contribution >= 4 is 5.91 Å². The number of rotatable bonds is 6. The Labute approximate surface area is 101 Å². The fourth-order valence-electron chi connectivity index (χ4n) is 1.70. The second-order valence-electron chi connectivity index (χ2n) is 4.24. The van der Waals surface area contributed by atoms with Gasteiger partial charge in [-0.15, -0.1) is 0 Å². The van der Waals surface area contributed by atoms with Gasteiger partial charge < -0.3 is 15.4 Å². The summed E-state index contributed by atoms with van der Waals surface area (Å²) in [6, 6.07) is 9.61. The van der Waals surface area contributed by atoms with Gasteiger partial charge in [-0.3, -0.25) is 4.79 Å². The number of benzene rings is 1. The molecule has 0 radical (unpaired) electrons. The standard InChI is InChI=1S/C13H18N2O2/c16-13(8-11-9-14-10-11)15-6-7-17-12-4-2-1-3-5-12/h1-5,11,14H,6-10H2,(H,15,16). The fraction of sp³-hybridized carbons (Fsp3) is 0.462. The molecule has 1 amide bonds. The van der Waals surface area contributed by atoms with Gasteiger partial charge in [0.05, 0.1) is 6.54 Å². The molecule has 0 atom stereocenters. The number of hydrogen-bond acceptors (Lipinski definition) is 3. The molecule has 1 aliphatic heterocycles. The Balaban J connectivity index is 1.55. The summed E-state index contributed by atoms with van der Waals surface area (Å²) >= 11 is 0. The number of ether oxygens (including phenoxy) is 1. The molecule has 1 aliphatic rings. The van der Waals surface area contributed by atoms with E-state index in [-0.39, 0.29) is 5.91 Å². The number of carbonyl (C=O) groups is 1. The summed E-state index contributed by atoms with van der Waals surface area (Å²) in [4.78, 5) is 11.5. The van der Waals surface area contributed by atoms with Crippen molar-refractivity contribution in [3.05, 3.63) is 30.3 Å². The molecule has 0 aromatic heterocycles. The van der Waals surface area contributed by atoms with Gasteiger partial charge in [0.15, 0.2) is 0 Å². The molecule has 92 valence electrons. The lowest BCUT2D eigenvalue weighted by molar-refractivity contribution is -0.122. The molecule has 0 aliphatic carbocycles.